The van der Waals surface area contributed by atoms with Crippen molar-refractivity contribution in [2.45, 2.75) is 33.1 Å². The number of hydrogen-bond acceptors (Lipinski definition) is 2. The first-order valence-corrected chi connectivity index (χ1v) is 7.11. The van der Waals surface area contributed by atoms with Gasteiger partial charge in [-0.2, -0.15) is 0 Å². The van der Waals surface area contributed by atoms with Crippen LogP contribution in [0.3, 0.4) is 0 Å². The summed E-state index contributed by atoms with van der Waals surface area (Å²) < 4.78 is 0. The van der Waals surface area contributed by atoms with Crippen LogP contribution in [0, 0.1) is 23.2 Å². The molecule has 4 rings (SSSR count). The predicted molar refractivity (Wildman–Crippen MR) is 67.4 cm³/mol. The molecule has 1 heterocycles. The molecule has 2 bridgehead atoms. The Morgan fingerprint density at radius 3 is 2.56 bits per heavy atom. The average molecular weight is 222 g/mol. The monoisotopic (exact) mass is 222 g/mol. The highest BCUT2D eigenvalue weighted by molar-refractivity contribution is 5.03. The number of hydrogen-bond donors (Lipinski definition) is 1. The largest absolute Gasteiger partial charge is 0.314 e. The van der Waals surface area contributed by atoms with Crippen molar-refractivity contribution in [1.82, 2.24) is 10.2 Å². The highest BCUT2D eigenvalue weighted by atomic mass is 15.2. The second-order valence-electron chi connectivity index (χ2n) is 6.75. The van der Waals surface area contributed by atoms with Crippen molar-refractivity contribution in [1.29, 1.82) is 0 Å². The zero-order valence-electron chi connectivity index (χ0n) is 10.8. The molecule has 4 fully saturated rings. The fourth-order valence-corrected chi connectivity index (χ4v) is 4.41. The van der Waals surface area contributed by atoms with Crippen LogP contribution in [0.4, 0.5) is 0 Å². The maximum Gasteiger partial charge on any atom is 0.0107 e. The molecule has 92 valence electrons. The van der Waals surface area contributed by atoms with Gasteiger partial charge < -0.3 is 10.2 Å². The number of rotatable bonds is 2. The van der Waals surface area contributed by atoms with Crippen LogP contribution in [0.15, 0.2) is 0 Å². The predicted octanol–water partition coefficient (Wildman–Crippen LogP) is 1.96. The van der Waals surface area contributed by atoms with Crippen molar-refractivity contribution in [3.8, 4) is 0 Å². The van der Waals surface area contributed by atoms with Gasteiger partial charge in [0.05, 0.1) is 0 Å². The smallest absolute Gasteiger partial charge is 0.0107 e. The van der Waals surface area contributed by atoms with E-state index in [-0.39, 0.29) is 0 Å². The van der Waals surface area contributed by atoms with Crippen LogP contribution in [0.2, 0.25) is 0 Å². The van der Waals surface area contributed by atoms with Gasteiger partial charge in [-0.3, -0.25) is 0 Å². The fraction of sp³-hybridized carbons (Fsp3) is 1.00. The van der Waals surface area contributed by atoms with Crippen LogP contribution in [0.1, 0.15) is 33.1 Å². The molecule has 0 amide bonds. The van der Waals surface area contributed by atoms with Gasteiger partial charge in [0.15, 0.2) is 0 Å². The van der Waals surface area contributed by atoms with Crippen LogP contribution in [0.5, 0.6) is 0 Å². The summed E-state index contributed by atoms with van der Waals surface area (Å²) in [4.78, 5) is 2.69. The van der Waals surface area contributed by atoms with Gasteiger partial charge in [0.25, 0.3) is 0 Å². The maximum absolute atomic E-state index is 3.45. The molecule has 16 heavy (non-hydrogen) atoms. The highest BCUT2D eigenvalue weighted by Crippen LogP contribution is 2.61. The first-order valence-electron chi connectivity index (χ1n) is 7.11. The Labute approximate surface area is 99.8 Å². The summed E-state index contributed by atoms with van der Waals surface area (Å²) in [6.45, 7) is 11.3. The van der Waals surface area contributed by atoms with Gasteiger partial charge in [-0.05, 0) is 42.4 Å². The van der Waals surface area contributed by atoms with E-state index in [9.17, 15) is 0 Å². The third kappa shape index (κ3) is 1.70. The first kappa shape index (κ1) is 11.0. The zero-order chi connectivity index (χ0) is 11.2. The molecule has 3 aliphatic carbocycles. The highest BCUT2D eigenvalue weighted by Gasteiger charge is 2.54. The van der Waals surface area contributed by atoms with Gasteiger partial charge in [-0.1, -0.05) is 13.8 Å². The van der Waals surface area contributed by atoms with Crippen LogP contribution in [-0.2, 0) is 0 Å². The molecule has 3 unspecified atom stereocenters. The Balaban J connectivity index is 1.58. The molecule has 4 aliphatic rings. The number of nitrogens with one attached hydrogen (secondary N) is 1. The Morgan fingerprint density at radius 2 is 1.94 bits per heavy atom. The molecule has 0 spiro atoms. The van der Waals surface area contributed by atoms with E-state index in [4.69, 9.17) is 0 Å². The number of nitrogens with zero attached hydrogens (tertiary/aromatic N) is 1. The van der Waals surface area contributed by atoms with E-state index in [2.05, 4.69) is 24.1 Å². The van der Waals surface area contributed by atoms with Gasteiger partial charge in [0.1, 0.15) is 0 Å². The van der Waals surface area contributed by atoms with Crippen molar-refractivity contribution in [3.63, 3.8) is 0 Å². The van der Waals surface area contributed by atoms with E-state index in [1.165, 1.54) is 52.0 Å². The number of fused-ring (bicyclic) bond motifs is 2. The fourth-order valence-electron chi connectivity index (χ4n) is 4.41. The lowest BCUT2D eigenvalue weighted by atomic mass is 9.45. The Bertz CT molecular complexity index is 253. The van der Waals surface area contributed by atoms with Crippen LogP contribution >= 0.6 is 0 Å². The topological polar surface area (TPSA) is 15.3 Å². The minimum Gasteiger partial charge on any atom is -0.314 e. The summed E-state index contributed by atoms with van der Waals surface area (Å²) in [6, 6.07) is 0. The summed E-state index contributed by atoms with van der Waals surface area (Å²) in [7, 11) is 0. The summed E-state index contributed by atoms with van der Waals surface area (Å²) >= 11 is 0. The second-order valence-corrected chi connectivity index (χ2v) is 6.75. The minimum absolute atomic E-state index is 0.664. The summed E-state index contributed by atoms with van der Waals surface area (Å²) in [5, 5.41) is 3.45. The van der Waals surface area contributed by atoms with Gasteiger partial charge >= 0.3 is 0 Å². The van der Waals surface area contributed by atoms with Crippen LogP contribution < -0.4 is 5.32 Å². The lowest BCUT2D eigenvalue weighted by Gasteiger charge is -2.60. The van der Waals surface area contributed by atoms with Gasteiger partial charge in [0.2, 0.25) is 0 Å². The molecule has 1 saturated heterocycles. The second kappa shape index (κ2) is 3.99. The molecule has 1 N–H and O–H groups in total. The molecule has 2 nitrogen and oxygen atoms in total. The molecule has 0 aromatic rings. The van der Waals surface area contributed by atoms with Crippen LogP contribution in [0.25, 0.3) is 0 Å². The lowest BCUT2D eigenvalue weighted by molar-refractivity contribution is -0.111. The van der Waals surface area contributed by atoms with Crippen molar-refractivity contribution in [3.05, 3.63) is 0 Å². The summed E-state index contributed by atoms with van der Waals surface area (Å²) in [5.41, 5.74) is 0.664. The standard InChI is InChI=1S/C14H26N2/c1-14(2)12-4-3-11(13(14)9-12)10-16-7-5-15-6-8-16/h11-13,15H,3-10H2,1-2H3. The molecule has 1 aliphatic heterocycles. The maximum atomic E-state index is 3.45. The average Bonchev–Trinajstić information content (AvgIpc) is 2.30. The molecule has 3 atom stereocenters. The zero-order valence-corrected chi connectivity index (χ0v) is 10.8. The normalized spacial score (nSPS) is 42.8. The van der Waals surface area contributed by atoms with E-state index >= 15 is 0 Å². The Morgan fingerprint density at radius 1 is 1.19 bits per heavy atom. The molecular weight excluding hydrogens is 196 g/mol. The van der Waals surface area contributed by atoms with Gasteiger partial charge in [-0.15, -0.1) is 0 Å². The van der Waals surface area contributed by atoms with Crippen molar-refractivity contribution in [2.75, 3.05) is 32.7 Å². The van der Waals surface area contributed by atoms with Gasteiger partial charge in [0, 0.05) is 32.7 Å². The molecule has 0 aromatic carbocycles. The van der Waals surface area contributed by atoms with Crippen molar-refractivity contribution < 1.29 is 0 Å². The summed E-state index contributed by atoms with van der Waals surface area (Å²) in [5.74, 6) is 3.08. The molecule has 3 saturated carbocycles. The molecule has 0 aromatic heterocycles. The summed E-state index contributed by atoms with van der Waals surface area (Å²) in [6.07, 6.45) is 4.53. The molecule has 2 heteroatoms. The number of piperazine rings is 1. The third-order valence-electron chi connectivity index (χ3n) is 5.70. The van der Waals surface area contributed by atoms with E-state index in [1.807, 2.05) is 0 Å². The molecule has 0 radical (unpaired) electrons. The van der Waals surface area contributed by atoms with E-state index in [0.717, 1.165) is 17.8 Å². The Hall–Kier alpha value is -0.0800. The SMILES string of the molecule is CC1(C)C2CCC(CN3CCNCC3)C1C2. The van der Waals surface area contributed by atoms with E-state index in [1.54, 1.807) is 0 Å². The van der Waals surface area contributed by atoms with Crippen LogP contribution in [-0.4, -0.2) is 37.6 Å². The minimum atomic E-state index is 0.664. The third-order valence-corrected chi connectivity index (χ3v) is 5.70. The first-order chi connectivity index (χ1) is 7.68. The van der Waals surface area contributed by atoms with Crippen molar-refractivity contribution in [2.24, 2.45) is 23.2 Å². The Kier molecular flexibility index (Phi) is 2.75. The van der Waals surface area contributed by atoms with Crippen molar-refractivity contribution >= 4 is 0 Å². The van der Waals surface area contributed by atoms with E-state index < -0.39 is 0 Å². The lowest BCUT2D eigenvalue weighted by Crippen LogP contribution is -2.56. The quantitative estimate of drug-likeness (QED) is 0.768. The molecular formula is C14H26N2. The van der Waals surface area contributed by atoms with E-state index in [0.29, 0.717) is 5.41 Å². The van der Waals surface area contributed by atoms with Gasteiger partial charge in [-0.25, -0.2) is 0 Å².